The van der Waals surface area contributed by atoms with Crippen LogP contribution in [0.25, 0.3) is 0 Å². The van der Waals surface area contributed by atoms with E-state index < -0.39 is 0 Å². The van der Waals surface area contributed by atoms with Crippen molar-refractivity contribution in [1.29, 1.82) is 0 Å². The van der Waals surface area contributed by atoms with E-state index in [0.29, 0.717) is 0 Å². The molecule has 1 saturated heterocycles. The van der Waals surface area contributed by atoms with Gasteiger partial charge >= 0.3 is 0 Å². The monoisotopic (exact) mass is 223 g/mol. The van der Waals surface area contributed by atoms with E-state index >= 15 is 0 Å². The molecule has 0 bridgehead atoms. The van der Waals surface area contributed by atoms with Crippen molar-refractivity contribution in [2.24, 2.45) is 0 Å². The summed E-state index contributed by atoms with van der Waals surface area (Å²) in [6.07, 6.45) is 2.14. The van der Waals surface area contributed by atoms with Crippen LogP contribution in [-0.2, 0) is 10.8 Å². The summed E-state index contributed by atoms with van der Waals surface area (Å²) in [5.41, 5.74) is 0.0206. The average Bonchev–Trinajstić information content (AvgIpc) is 2.67. The molecule has 0 amide bonds. The molecule has 90 valence electrons. The Morgan fingerprint density at radius 1 is 1.25 bits per heavy atom. The lowest BCUT2D eigenvalue weighted by molar-refractivity contribution is 0.240. The van der Waals surface area contributed by atoms with E-state index in [4.69, 9.17) is 4.52 Å². The molecule has 4 nitrogen and oxygen atoms in total. The highest BCUT2D eigenvalue weighted by Gasteiger charge is 2.35. The van der Waals surface area contributed by atoms with Gasteiger partial charge in [-0.05, 0) is 25.9 Å². The van der Waals surface area contributed by atoms with Gasteiger partial charge in [-0.3, -0.25) is 0 Å². The molecule has 0 radical (unpaired) electrons. The van der Waals surface area contributed by atoms with Crippen LogP contribution in [0.5, 0.6) is 0 Å². The highest BCUT2D eigenvalue weighted by molar-refractivity contribution is 5.08. The van der Waals surface area contributed by atoms with Crippen molar-refractivity contribution in [1.82, 2.24) is 15.5 Å². The van der Waals surface area contributed by atoms with Gasteiger partial charge in [0.1, 0.15) is 0 Å². The largest absolute Gasteiger partial charge is 0.339 e. The van der Waals surface area contributed by atoms with Crippen molar-refractivity contribution < 1.29 is 4.52 Å². The molecular weight excluding hydrogens is 202 g/mol. The van der Waals surface area contributed by atoms with Gasteiger partial charge in [-0.25, -0.2) is 0 Å². The molecule has 0 spiro atoms. The van der Waals surface area contributed by atoms with Gasteiger partial charge in [-0.2, -0.15) is 4.98 Å². The first-order valence-electron chi connectivity index (χ1n) is 5.97. The first kappa shape index (κ1) is 11.6. The molecule has 1 fully saturated rings. The van der Waals surface area contributed by atoms with Crippen molar-refractivity contribution in [3.8, 4) is 0 Å². The fraction of sp³-hybridized carbons (Fsp3) is 0.833. The minimum Gasteiger partial charge on any atom is -0.339 e. The number of nitrogens with one attached hydrogen (secondary N) is 1. The number of rotatable bonds is 1. The summed E-state index contributed by atoms with van der Waals surface area (Å²) >= 11 is 0. The lowest BCUT2D eigenvalue weighted by atomic mass is 9.81. The zero-order chi connectivity index (χ0) is 11.8. The van der Waals surface area contributed by atoms with Gasteiger partial charge in [0.25, 0.3) is 0 Å². The first-order chi connectivity index (χ1) is 7.42. The Balaban J connectivity index is 2.24. The minimum atomic E-state index is -0.0367. The molecule has 16 heavy (non-hydrogen) atoms. The number of hydrogen-bond acceptors (Lipinski definition) is 4. The molecule has 1 aromatic rings. The molecule has 1 aliphatic rings. The molecular formula is C12H21N3O. The van der Waals surface area contributed by atoms with Crippen LogP contribution >= 0.6 is 0 Å². The summed E-state index contributed by atoms with van der Waals surface area (Å²) in [6.45, 7) is 10.6. The van der Waals surface area contributed by atoms with E-state index in [-0.39, 0.29) is 10.8 Å². The Bertz CT molecular complexity index is 359. The van der Waals surface area contributed by atoms with Crippen LogP contribution in [0.15, 0.2) is 4.52 Å². The smallest absolute Gasteiger partial charge is 0.232 e. The maximum Gasteiger partial charge on any atom is 0.232 e. The molecule has 0 unspecified atom stereocenters. The van der Waals surface area contributed by atoms with Crippen LogP contribution in [0.1, 0.15) is 52.3 Å². The zero-order valence-electron chi connectivity index (χ0n) is 10.6. The summed E-state index contributed by atoms with van der Waals surface area (Å²) in [7, 11) is 0. The molecule has 2 rings (SSSR count). The van der Waals surface area contributed by atoms with Gasteiger partial charge < -0.3 is 9.84 Å². The number of hydrogen-bond donors (Lipinski definition) is 1. The van der Waals surface area contributed by atoms with Crippen LogP contribution in [0.3, 0.4) is 0 Å². The molecule has 0 saturated carbocycles. The van der Waals surface area contributed by atoms with Gasteiger partial charge in [-0.1, -0.05) is 32.9 Å². The van der Waals surface area contributed by atoms with Gasteiger partial charge in [0.2, 0.25) is 5.89 Å². The molecule has 1 aromatic heterocycles. The Hall–Kier alpha value is -0.900. The number of piperidine rings is 1. The van der Waals surface area contributed by atoms with Gasteiger partial charge in [-0.15, -0.1) is 0 Å². The van der Waals surface area contributed by atoms with Crippen LogP contribution in [0.2, 0.25) is 0 Å². The van der Waals surface area contributed by atoms with E-state index in [2.05, 4.69) is 43.2 Å². The summed E-state index contributed by atoms with van der Waals surface area (Å²) < 4.78 is 5.44. The van der Waals surface area contributed by atoms with E-state index in [0.717, 1.165) is 37.6 Å². The van der Waals surface area contributed by atoms with Gasteiger partial charge in [0.05, 0.1) is 0 Å². The van der Waals surface area contributed by atoms with E-state index in [1.807, 2.05) is 0 Å². The molecule has 2 heterocycles. The van der Waals surface area contributed by atoms with Crippen molar-refractivity contribution in [2.75, 3.05) is 13.1 Å². The first-order valence-corrected chi connectivity index (χ1v) is 5.97. The fourth-order valence-corrected chi connectivity index (χ4v) is 1.97. The van der Waals surface area contributed by atoms with Crippen molar-refractivity contribution in [3.63, 3.8) is 0 Å². The van der Waals surface area contributed by atoms with E-state index in [9.17, 15) is 0 Å². The van der Waals surface area contributed by atoms with Gasteiger partial charge in [0, 0.05) is 10.8 Å². The highest BCUT2D eigenvalue weighted by Crippen LogP contribution is 2.32. The lowest BCUT2D eigenvalue weighted by Crippen LogP contribution is -2.38. The van der Waals surface area contributed by atoms with Crippen molar-refractivity contribution >= 4 is 0 Å². The Kier molecular flexibility index (Phi) is 2.78. The Morgan fingerprint density at radius 3 is 2.38 bits per heavy atom. The SMILES string of the molecule is CC(C)(C)c1noc(C2(C)CCNCC2)n1. The van der Waals surface area contributed by atoms with Gasteiger partial charge in [0.15, 0.2) is 5.82 Å². The van der Waals surface area contributed by atoms with E-state index in [1.165, 1.54) is 0 Å². The number of nitrogens with zero attached hydrogens (tertiary/aromatic N) is 2. The second-order valence-electron chi connectivity index (χ2n) is 5.98. The molecule has 0 aromatic carbocycles. The summed E-state index contributed by atoms with van der Waals surface area (Å²) in [4.78, 5) is 4.57. The number of aromatic nitrogens is 2. The standard InChI is InChI=1S/C12H21N3O/c1-11(2,3)9-14-10(16-15-9)12(4)5-7-13-8-6-12/h13H,5-8H2,1-4H3. The second-order valence-corrected chi connectivity index (χ2v) is 5.98. The normalized spacial score (nSPS) is 21.0. The maximum atomic E-state index is 5.44. The molecule has 0 atom stereocenters. The molecule has 4 heteroatoms. The Labute approximate surface area is 96.8 Å². The van der Waals surface area contributed by atoms with Crippen LogP contribution in [0, 0.1) is 0 Å². The van der Waals surface area contributed by atoms with E-state index in [1.54, 1.807) is 0 Å². The third kappa shape index (κ3) is 2.12. The maximum absolute atomic E-state index is 5.44. The zero-order valence-corrected chi connectivity index (χ0v) is 10.6. The average molecular weight is 223 g/mol. The van der Waals surface area contributed by atoms with Crippen LogP contribution in [0.4, 0.5) is 0 Å². The van der Waals surface area contributed by atoms with Crippen LogP contribution < -0.4 is 5.32 Å². The molecule has 0 aliphatic carbocycles. The highest BCUT2D eigenvalue weighted by atomic mass is 16.5. The third-order valence-corrected chi connectivity index (χ3v) is 3.32. The third-order valence-electron chi connectivity index (χ3n) is 3.32. The quantitative estimate of drug-likeness (QED) is 0.791. The van der Waals surface area contributed by atoms with Crippen molar-refractivity contribution in [3.05, 3.63) is 11.7 Å². The minimum absolute atomic E-state index is 0.0367. The Morgan fingerprint density at radius 2 is 1.88 bits per heavy atom. The predicted molar refractivity (Wildman–Crippen MR) is 62.5 cm³/mol. The predicted octanol–water partition coefficient (Wildman–Crippen LogP) is 2.01. The topological polar surface area (TPSA) is 51.0 Å². The lowest BCUT2D eigenvalue weighted by Gasteiger charge is -2.30. The van der Waals surface area contributed by atoms with Crippen LogP contribution in [-0.4, -0.2) is 23.2 Å². The molecule has 1 N–H and O–H groups in total. The second kappa shape index (κ2) is 3.84. The molecule has 1 aliphatic heterocycles. The summed E-state index contributed by atoms with van der Waals surface area (Å²) in [6, 6.07) is 0. The summed E-state index contributed by atoms with van der Waals surface area (Å²) in [5.74, 6) is 1.61. The fourth-order valence-electron chi connectivity index (χ4n) is 1.97. The van der Waals surface area contributed by atoms with Crippen molar-refractivity contribution in [2.45, 2.75) is 51.4 Å². The summed E-state index contributed by atoms with van der Waals surface area (Å²) in [5, 5.41) is 7.46.